The third kappa shape index (κ3) is 5.53. The molecule has 0 saturated heterocycles. The number of esters is 1. The Hall–Kier alpha value is -4.64. The molecule has 0 aliphatic carbocycles. The van der Waals surface area contributed by atoms with Gasteiger partial charge in [0, 0.05) is 12.8 Å². The molecule has 11 nitrogen and oxygen atoms in total. The monoisotopic (exact) mass is 492 g/mol. The number of urea groups is 1. The van der Waals surface area contributed by atoms with Gasteiger partial charge < -0.3 is 29.6 Å². The number of amides is 3. The lowest BCUT2D eigenvalue weighted by Crippen LogP contribution is -2.41. The first kappa shape index (κ1) is 24.5. The average Bonchev–Trinajstić information content (AvgIpc) is 2.91. The van der Waals surface area contributed by atoms with E-state index in [0.717, 1.165) is 0 Å². The molecule has 0 spiro atoms. The zero-order valence-electron chi connectivity index (χ0n) is 19.6. The van der Waals surface area contributed by atoms with Gasteiger partial charge in [0.2, 0.25) is 0 Å². The van der Waals surface area contributed by atoms with Gasteiger partial charge in [-0.1, -0.05) is 18.2 Å². The summed E-state index contributed by atoms with van der Waals surface area (Å²) >= 11 is 0. The summed E-state index contributed by atoms with van der Waals surface area (Å²) in [5.41, 5.74) is 1.08. The Morgan fingerprint density at radius 3 is 2.58 bits per heavy atom. The topological polar surface area (TPSA) is 128 Å². The van der Waals surface area contributed by atoms with Crippen LogP contribution in [0.25, 0.3) is 0 Å². The number of methoxy groups -OCH3 is 2. The van der Waals surface area contributed by atoms with Crippen LogP contribution in [0.1, 0.15) is 20.8 Å². The third-order valence-corrected chi connectivity index (χ3v) is 5.15. The van der Waals surface area contributed by atoms with Crippen LogP contribution in [0.2, 0.25) is 0 Å². The predicted octanol–water partition coefficient (Wildman–Crippen LogP) is 3.53. The van der Waals surface area contributed by atoms with E-state index in [1.165, 1.54) is 43.4 Å². The fraction of sp³-hybridized carbons (Fsp3) is 0.200. The molecule has 2 N–H and O–H groups in total. The fourth-order valence-electron chi connectivity index (χ4n) is 3.44. The standard InChI is InChI=1S/C25H24N4O7/c1-33-15-36-20-10-8-16(24(31)34-2)14-19(20)28-23(30)18-9-11-21-22(27-18)29(12-13-35-21)25(32)26-17-6-4-3-5-7-17/h3-11,14H,12-13,15H2,1-2H3,(H,26,32)(H,28,30). The number of hydrogen-bond donors (Lipinski definition) is 2. The molecule has 0 saturated carbocycles. The summed E-state index contributed by atoms with van der Waals surface area (Å²) in [5, 5.41) is 5.51. The maximum absolute atomic E-state index is 13.1. The highest BCUT2D eigenvalue weighted by Gasteiger charge is 2.27. The molecule has 0 atom stereocenters. The van der Waals surface area contributed by atoms with Crippen LogP contribution in [0, 0.1) is 0 Å². The van der Waals surface area contributed by atoms with Gasteiger partial charge >= 0.3 is 12.0 Å². The molecule has 1 aromatic heterocycles. The number of fused-ring (bicyclic) bond motifs is 1. The highest BCUT2D eigenvalue weighted by atomic mass is 16.7. The first-order valence-electron chi connectivity index (χ1n) is 10.9. The summed E-state index contributed by atoms with van der Waals surface area (Å²) in [6.07, 6.45) is 0. The molecule has 0 fully saturated rings. The number of carbonyl (C=O) groups is 3. The van der Waals surface area contributed by atoms with Crippen LogP contribution >= 0.6 is 0 Å². The van der Waals surface area contributed by atoms with E-state index in [1.54, 1.807) is 18.2 Å². The van der Waals surface area contributed by atoms with Gasteiger partial charge in [0.05, 0.1) is 24.9 Å². The number of aromatic nitrogens is 1. The Morgan fingerprint density at radius 1 is 1.03 bits per heavy atom. The molecule has 0 bridgehead atoms. The van der Waals surface area contributed by atoms with Crippen molar-refractivity contribution in [2.75, 3.05) is 49.7 Å². The number of nitrogens with zero attached hydrogens (tertiary/aromatic N) is 2. The Balaban J connectivity index is 1.58. The van der Waals surface area contributed by atoms with Crippen molar-refractivity contribution in [2.45, 2.75) is 0 Å². The van der Waals surface area contributed by atoms with Crippen molar-refractivity contribution in [1.82, 2.24) is 4.98 Å². The molecular weight excluding hydrogens is 468 g/mol. The van der Waals surface area contributed by atoms with E-state index in [1.807, 2.05) is 18.2 Å². The predicted molar refractivity (Wildman–Crippen MR) is 131 cm³/mol. The lowest BCUT2D eigenvalue weighted by molar-refractivity contribution is 0.0515. The molecule has 2 aromatic carbocycles. The van der Waals surface area contributed by atoms with Gasteiger partial charge in [-0.2, -0.15) is 0 Å². The third-order valence-electron chi connectivity index (χ3n) is 5.15. The summed E-state index contributed by atoms with van der Waals surface area (Å²) in [6, 6.07) is 16.1. The number of nitrogens with one attached hydrogen (secondary N) is 2. The van der Waals surface area contributed by atoms with Crippen molar-refractivity contribution in [3.05, 3.63) is 71.9 Å². The second kappa shape index (κ2) is 11.2. The summed E-state index contributed by atoms with van der Waals surface area (Å²) in [7, 11) is 2.72. The van der Waals surface area contributed by atoms with Crippen LogP contribution in [0.5, 0.6) is 11.5 Å². The summed E-state index contributed by atoms with van der Waals surface area (Å²) in [5.74, 6) is -0.300. The van der Waals surface area contributed by atoms with E-state index in [9.17, 15) is 14.4 Å². The van der Waals surface area contributed by atoms with Gasteiger partial charge in [0.15, 0.2) is 18.4 Å². The zero-order chi connectivity index (χ0) is 25.5. The van der Waals surface area contributed by atoms with Gasteiger partial charge in [-0.25, -0.2) is 14.6 Å². The SMILES string of the molecule is COCOc1ccc(C(=O)OC)cc1NC(=O)c1ccc2c(n1)N(C(=O)Nc1ccccc1)CCO2. The highest BCUT2D eigenvalue weighted by molar-refractivity contribution is 6.06. The van der Waals surface area contributed by atoms with Crippen LogP contribution in [-0.4, -0.2) is 57.1 Å². The molecule has 0 unspecified atom stereocenters. The number of anilines is 3. The maximum atomic E-state index is 13.1. The summed E-state index contributed by atoms with van der Waals surface area (Å²) in [4.78, 5) is 43.8. The molecule has 3 amide bonds. The van der Waals surface area contributed by atoms with Crippen LogP contribution in [-0.2, 0) is 9.47 Å². The van der Waals surface area contributed by atoms with Crippen molar-refractivity contribution in [1.29, 1.82) is 0 Å². The largest absolute Gasteiger partial charge is 0.488 e. The van der Waals surface area contributed by atoms with Gasteiger partial charge in [-0.05, 0) is 42.5 Å². The number of rotatable bonds is 7. The Kier molecular flexibility index (Phi) is 7.61. The number of para-hydroxylation sites is 1. The molecule has 36 heavy (non-hydrogen) atoms. The molecule has 1 aliphatic rings. The molecular formula is C25H24N4O7. The second-order valence-corrected chi connectivity index (χ2v) is 7.52. The highest BCUT2D eigenvalue weighted by Crippen LogP contribution is 2.31. The van der Waals surface area contributed by atoms with E-state index < -0.39 is 17.9 Å². The normalized spacial score (nSPS) is 12.1. The van der Waals surface area contributed by atoms with Gasteiger partial charge in [0.25, 0.3) is 5.91 Å². The van der Waals surface area contributed by atoms with E-state index in [0.29, 0.717) is 11.4 Å². The van der Waals surface area contributed by atoms with Crippen LogP contribution in [0.4, 0.5) is 22.0 Å². The lowest BCUT2D eigenvalue weighted by Gasteiger charge is -2.28. The van der Waals surface area contributed by atoms with E-state index in [2.05, 4.69) is 15.6 Å². The number of hydrogen-bond acceptors (Lipinski definition) is 8. The quantitative estimate of drug-likeness (QED) is 0.379. The minimum absolute atomic E-state index is 0.0259. The lowest BCUT2D eigenvalue weighted by atomic mass is 10.1. The van der Waals surface area contributed by atoms with Crippen LogP contribution < -0.4 is 25.0 Å². The summed E-state index contributed by atoms with van der Waals surface area (Å²) < 4.78 is 20.8. The second-order valence-electron chi connectivity index (χ2n) is 7.52. The molecule has 2 heterocycles. The minimum atomic E-state index is -0.587. The Morgan fingerprint density at radius 2 is 1.83 bits per heavy atom. The van der Waals surface area contributed by atoms with Crippen molar-refractivity contribution in [2.24, 2.45) is 0 Å². The fourth-order valence-corrected chi connectivity index (χ4v) is 3.44. The number of pyridine rings is 1. The number of ether oxygens (including phenoxy) is 4. The van der Waals surface area contributed by atoms with Crippen molar-refractivity contribution < 1.29 is 33.3 Å². The van der Waals surface area contributed by atoms with Crippen molar-refractivity contribution in [3.8, 4) is 11.5 Å². The number of benzene rings is 2. The van der Waals surface area contributed by atoms with E-state index in [-0.39, 0.29) is 48.5 Å². The van der Waals surface area contributed by atoms with Crippen LogP contribution in [0.15, 0.2) is 60.7 Å². The number of carbonyl (C=O) groups excluding carboxylic acids is 3. The Labute approximate surface area is 206 Å². The summed E-state index contributed by atoms with van der Waals surface area (Å²) in [6.45, 7) is 0.462. The van der Waals surface area contributed by atoms with Crippen molar-refractivity contribution in [3.63, 3.8) is 0 Å². The molecule has 4 rings (SSSR count). The molecule has 0 radical (unpaired) electrons. The maximum Gasteiger partial charge on any atom is 0.337 e. The minimum Gasteiger partial charge on any atom is -0.488 e. The van der Waals surface area contributed by atoms with Crippen molar-refractivity contribution >= 4 is 35.1 Å². The van der Waals surface area contributed by atoms with Gasteiger partial charge in [-0.3, -0.25) is 9.69 Å². The van der Waals surface area contributed by atoms with Gasteiger partial charge in [0.1, 0.15) is 18.1 Å². The van der Waals surface area contributed by atoms with E-state index in [4.69, 9.17) is 18.9 Å². The first-order chi connectivity index (χ1) is 17.5. The van der Waals surface area contributed by atoms with Gasteiger partial charge in [-0.15, -0.1) is 0 Å². The average molecular weight is 492 g/mol. The molecule has 1 aliphatic heterocycles. The smallest absolute Gasteiger partial charge is 0.337 e. The zero-order valence-corrected chi connectivity index (χ0v) is 19.6. The first-order valence-corrected chi connectivity index (χ1v) is 10.9. The van der Waals surface area contributed by atoms with E-state index >= 15 is 0 Å². The Bertz CT molecular complexity index is 1270. The molecule has 186 valence electrons. The molecule has 11 heteroatoms. The molecule has 3 aromatic rings. The van der Waals surface area contributed by atoms with Crippen LogP contribution in [0.3, 0.4) is 0 Å².